The number of likely N-dealkylation sites (N-methyl/N-ethyl adjacent to an activating group) is 1. The molecule has 2 atom stereocenters. The maximum absolute atomic E-state index is 12.9. The number of nitrogens with zero attached hydrogens (tertiary/aromatic N) is 1. The SMILES string of the molecule is CC/C=C\C/C=C\C/C=C\C/C=C\C/C=C\C/C=C\C/C=C\C/C=C\C/C=C\C/C=C\CCCCCCC(=O)OC(COC(=O)CCCCCCCC/C=C\C/C=C\C/C=C\CCCCCCC)COC(OCC[N+](C)(C)C)C(=O)O. The van der Waals surface area contributed by atoms with Crippen molar-refractivity contribution < 1.29 is 42.9 Å². The molecule has 9 nitrogen and oxygen atoms in total. The lowest BCUT2D eigenvalue weighted by Gasteiger charge is -2.25. The third kappa shape index (κ3) is 62.4. The summed E-state index contributed by atoms with van der Waals surface area (Å²) in [5, 5.41) is 9.72. The van der Waals surface area contributed by atoms with Crippen molar-refractivity contribution in [3.63, 3.8) is 0 Å². The zero-order valence-electron chi connectivity index (χ0n) is 51.9. The Labute approximate surface area is 495 Å². The van der Waals surface area contributed by atoms with Gasteiger partial charge < -0.3 is 28.5 Å². The second kappa shape index (κ2) is 61.0. The molecule has 9 heteroatoms. The molecule has 0 aliphatic heterocycles. The van der Waals surface area contributed by atoms with Crippen LogP contribution in [-0.4, -0.2) is 87.4 Å². The number of aliphatic carboxylic acids is 1. The number of rotatable bonds is 56. The van der Waals surface area contributed by atoms with Gasteiger partial charge in [0.05, 0.1) is 34.4 Å². The summed E-state index contributed by atoms with van der Waals surface area (Å²) in [6, 6.07) is 0. The van der Waals surface area contributed by atoms with Crippen LogP contribution in [0.15, 0.2) is 158 Å². The summed E-state index contributed by atoms with van der Waals surface area (Å²) >= 11 is 0. The Kier molecular flexibility index (Phi) is 57.2. The number of quaternary nitrogens is 1. The van der Waals surface area contributed by atoms with Crippen molar-refractivity contribution in [2.24, 2.45) is 0 Å². The molecule has 0 aromatic carbocycles. The van der Waals surface area contributed by atoms with Crippen molar-refractivity contribution in [3.8, 4) is 0 Å². The number of carbonyl (C=O) groups excluding carboxylic acids is 2. The molecule has 0 aromatic heterocycles. The largest absolute Gasteiger partial charge is 0.477 e. The lowest BCUT2D eigenvalue weighted by atomic mass is 10.1. The second-order valence-corrected chi connectivity index (χ2v) is 21.6. The lowest BCUT2D eigenvalue weighted by Crippen LogP contribution is -2.40. The van der Waals surface area contributed by atoms with E-state index in [1.165, 1.54) is 44.9 Å². The molecule has 0 rings (SSSR count). The molecule has 0 radical (unpaired) electrons. The van der Waals surface area contributed by atoms with Crippen LogP contribution in [0.3, 0.4) is 0 Å². The molecule has 0 aromatic rings. The van der Waals surface area contributed by atoms with Crippen LogP contribution in [0.1, 0.15) is 219 Å². The summed E-state index contributed by atoms with van der Waals surface area (Å²) in [5.41, 5.74) is 0. The molecule has 0 fully saturated rings. The van der Waals surface area contributed by atoms with Crippen LogP contribution < -0.4 is 0 Å². The molecule has 0 saturated heterocycles. The highest BCUT2D eigenvalue weighted by Gasteiger charge is 2.25. The number of ether oxygens (including phenoxy) is 4. The molecule has 0 aliphatic rings. The second-order valence-electron chi connectivity index (χ2n) is 21.6. The van der Waals surface area contributed by atoms with E-state index < -0.39 is 24.3 Å². The molecule has 0 amide bonds. The maximum Gasteiger partial charge on any atom is 0.361 e. The molecule has 0 spiro atoms. The first-order valence-electron chi connectivity index (χ1n) is 31.6. The van der Waals surface area contributed by atoms with Gasteiger partial charge in [0.15, 0.2) is 6.10 Å². The Balaban J connectivity index is 4.33. The highest BCUT2D eigenvalue weighted by molar-refractivity contribution is 5.71. The Bertz CT molecular complexity index is 1880. The Hall–Kier alpha value is -5.09. The number of allylic oxidation sites excluding steroid dienone is 26. The summed E-state index contributed by atoms with van der Waals surface area (Å²) in [5.74, 6) is -2.08. The van der Waals surface area contributed by atoms with Crippen molar-refractivity contribution in [2.45, 2.75) is 232 Å². The minimum Gasteiger partial charge on any atom is -0.477 e. The molecule has 2 unspecified atom stereocenters. The normalized spacial score (nSPS) is 13.8. The smallest absolute Gasteiger partial charge is 0.361 e. The van der Waals surface area contributed by atoms with Gasteiger partial charge in [0, 0.05) is 12.8 Å². The monoisotopic (exact) mass is 1120 g/mol. The molecule has 1 N–H and O–H groups in total. The zero-order chi connectivity index (χ0) is 59.1. The molecule has 456 valence electrons. The predicted molar refractivity (Wildman–Crippen MR) is 345 cm³/mol. The molecule has 0 heterocycles. The zero-order valence-corrected chi connectivity index (χ0v) is 51.9. The van der Waals surface area contributed by atoms with Crippen molar-refractivity contribution in [3.05, 3.63) is 158 Å². The molecular formula is C72H116NO8+. The van der Waals surface area contributed by atoms with Gasteiger partial charge in [-0.1, -0.05) is 236 Å². The van der Waals surface area contributed by atoms with E-state index >= 15 is 0 Å². The van der Waals surface area contributed by atoms with E-state index in [0.29, 0.717) is 17.4 Å². The molecule has 0 aliphatic carbocycles. The number of hydrogen-bond acceptors (Lipinski definition) is 7. The number of esters is 2. The molecule has 0 saturated carbocycles. The van der Waals surface area contributed by atoms with Gasteiger partial charge in [0.1, 0.15) is 13.2 Å². The first-order valence-corrected chi connectivity index (χ1v) is 31.6. The van der Waals surface area contributed by atoms with Gasteiger partial charge in [-0.2, -0.15) is 0 Å². The van der Waals surface area contributed by atoms with Crippen molar-refractivity contribution in [2.75, 3.05) is 47.5 Å². The average Bonchev–Trinajstić information content (AvgIpc) is 3.44. The van der Waals surface area contributed by atoms with E-state index in [-0.39, 0.29) is 38.6 Å². The highest BCUT2D eigenvalue weighted by atomic mass is 16.7. The first kappa shape index (κ1) is 75.9. The van der Waals surface area contributed by atoms with Gasteiger partial charge in [0.25, 0.3) is 6.29 Å². The quantitative estimate of drug-likeness (QED) is 0.0211. The summed E-state index contributed by atoms with van der Waals surface area (Å²) < 4.78 is 22.9. The number of unbranched alkanes of at least 4 members (excludes halogenated alkanes) is 15. The van der Waals surface area contributed by atoms with E-state index in [1.54, 1.807) is 0 Å². The summed E-state index contributed by atoms with van der Waals surface area (Å²) in [7, 11) is 5.94. The molecule has 0 bridgehead atoms. The standard InChI is InChI=1S/C72H115NO8/c1-6-8-10-12-14-16-18-20-22-24-26-28-29-30-31-32-33-34-35-36-37-38-39-40-41-43-45-47-49-51-53-55-57-59-61-63-70(75)81-68(67-80-72(71(76)77)78-65-64-73(3,4)5)66-79-69(74)62-60-58-56-54-52-50-48-46-44-42-27-25-23-21-19-17-15-13-11-9-7-2/h8,10,14,16,19-22,25-28,30-31,33-34,36-37,39-40,43-46,49,51,68,72H,6-7,9,11-13,15,17-18,23-24,29,32,35,38,41-42,47-48,50,52-67H2,1-5H3/p+1/b10-8-,16-14-,21-19-,22-20-,27-25-,28-26-,31-30-,34-33-,37-36-,40-39-,45-43-,46-44-,51-49-. The van der Waals surface area contributed by atoms with E-state index in [4.69, 9.17) is 18.9 Å². The van der Waals surface area contributed by atoms with Crippen molar-refractivity contribution in [1.29, 1.82) is 0 Å². The van der Waals surface area contributed by atoms with Crippen molar-refractivity contribution >= 4 is 17.9 Å². The van der Waals surface area contributed by atoms with E-state index in [0.717, 1.165) is 141 Å². The first-order chi connectivity index (χ1) is 39.6. The molecular weight excluding hydrogens is 1010 g/mol. The van der Waals surface area contributed by atoms with Crippen LogP contribution >= 0.6 is 0 Å². The summed E-state index contributed by atoms with van der Waals surface area (Å²) in [6.07, 6.45) is 87.5. The van der Waals surface area contributed by atoms with Gasteiger partial charge in [-0.25, -0.2) is 4.79 Å². The fourth-order valence-electron chi connectivity index (χ4n) is 7.93. The number of hydrogen-bond donors (Lipinski definition) is 1. The number of carboxylic acids is 1. The third-order valence-corrected chi connectivity index (χ3v) is 12.8. The third-order valence-electron chi connectivity index (χ3n) is 12.8. The van der Waals surface area contributed by atoms with Crippen LogP contribution in [0.2, 0.25) is 0 Å². The fraction of sp³-hybridized carbons (Fsp3) is 0.597. The summed E-state index contributed by atoms with van der Waals surface area (Å²) in [6.45, 7) is 4.68. The van der Waals surface area contributed by atoms with Gasteiger partial charge in [-0.15, -0.1) is 0 Å². The van der Waals surface area contributed by atoms with Crippen LogP contribution in [0.5, 0.6) is 0 Å². The van der Waals surface area contributed by atoms with Crippen LogP contribution in [0.4, 0.5) is 0 Å². The Morgan fingerprint density at radius 1 is 0.383 bits per heavy atom. The van der Waals surface area contributed by atoms with Gasteiger partial charge >= 0.3 is 17.9 Å². The van der Waals surface area contributed by atoms with Crippen molar-refractivity contribution in [1.82, 2.24) is 0 Å². The Morgan fingerprint density at radius 2 is 0.704 bits per heavy atom. The van der Waals surface area contributed by atoms with E-state index in [2.05, 4.69) is 172 Å². The summed E-state index contributed by atoms with van der Waals surface area (Å²) in [4.78, 5) is 37.5. The van der Waals surface area contributed by atoms with E-state index in [1.807, 2.05) is 21.1 Å². The fourth-order valence-corrected chi connectivity index (χ4v) is 7.93. The minimum atomic E-state index is -1.53. The predicted octanol–water partition coefficient (Wildman–Crippen LogP) is 19.3. The highest BCUT2D eigenvalue weighted by Crippen LogP contribution is 2.13. The average molecular weight is 1120 g/mol. The van der Waals surface area contributed by atoms with Crippen LogP contribution in [0, 0.1) is 0 Å². The van der Waals surface area contributed by atoms with E-state index in [9.17, 15) is 19.5 Å². The van der Waals surface area contributed by atoms with Gasteiger partial charge in [-0.3, -0.25) is 9.59 Å². The number of carbonyl (C=O) groups is 3. The Morgan fingerprint density at radius 3 is 1.05 bits per heavy atom. The van der Waals surface area contributed by atoms with Gasteiger partial charge in [-0.05, 0) is 128 Å². The van der Waals surface area contributed by atoms with Gasteiger partial charge in [0.2, 0.25) is 0 Å². The lowest BCUT2D eigenvalue weighted by molar-refractivity contribution is -0.870. The van der Waals surface area contributed by atoms with Crippen LogP contribution in [0.25, 0.3) is 0 Å². The maximum atomic E-state index is 12.9. The number of carboxylic acid groups (broad SMARTS) is 1. The van der Waals surface area contributed by atoms with Crippen LogP contribution in [-0.2, 0) is 33.3 Å². The molecule has 81 heavy (non-hydrogen) atoms. The minimum absolute atomic E-state index is 0.171. The topological polar surface area (TPSA) is 108 Å².